The Balaban J connectivity index is 1.78. The third-order valence-corrected chi connectivity index (χ3v) is 5.54. The Morgan fingerprint density at radius 3 is 2.32 bits per heavy atom. The maximum absolute atomic E-state index is 14.2. The predicted molar refractivity (Wildman–Crippen MR) is 120 cm³/mol. The maximum Gasteiger partial charge on any atom is 0.278 e. The second-order valence-electron chi connectivity index (χ2n) is 7.83. The van der Waals surface area contributed by atoms with Gasteiger partial charge in [-0.15, -0.1) is 0 Å². The fraction of sp³-hybridized carbons (Fsp3) is 0.154. The molecule has 0 atom stereocenters. The van der Waals surface area contributed by atoms with Crippen LogP contribution in [-0.2, 0) is 16.1 Å². The van der Waals surface area contributed by atoms with E-state index in [9.17, 15) is 14.0 Å². The molecule has 5 heteroatoms. The number of carbonyl (C=O) groups is 2. The molecule has 1 aliphatic rings. The first-order valence-electron chi connectivity index (χ1n) is 10.1. The van der Waals surface area contributed by atoms with Crippen LogP contribution in [0.2, 0.25) is 0 Å². The summed E-state index contributed by atoms with van der Waals surface area (Å²) >= 11 is 0. The number of hydrogen-bond donors (Lipinski definition) is 1. The van der Waals surface area contributed by atoms with Crippen LogP contribution in [-0.4, -0.2) is 16.7 Å². The zero-order chi connectivity index (χ0) is 22.1. The highest BCUT2D eigenvalue weighted by Crippen LogP contribution is 2.32. The summed E-state index contributed by atoms with van der Waals surface area (Å²) in [5.74, 6) is -1.36. The van der Waals surface area contributed by atoms with Crippen molar-refractivity contribution >= 4 is 23.1 Å². The normalized spacial score (nSPS) is 13.9. The molecule has 4 nitrogen and oxygen atoms in total. The van der Waals surface area contributed by atoms with Crippen molar-refractivity contribution in [3.8, 4) is 0 Å². The summed E-state index contributed by atoms with van der Waals surface area (Å²) in [7, 11) is 0. The molecule has 4 rings (SSSR count). The molecule has 0 saturated heterocycles. The molecule has 2 amide bonds. The van der Waals surface area contributed by atoms with E-state index in [1.807, 2.05) is 63.2 Å². The second-order valence-corrected chi connectivity index (χ2v) is 7.83. The fourth-order valence-electron chi connectivity index (χ4n) is 3.66. The lowest BCUT2D eigenvalue weighted by Crippen LogP contribution is -2.32. The van der Waals surface area contributed by atoms with Crippen LogP contribution < -0.4 is 5.32 Å². The third-order valence-electron chi connectivity index (χ3n) is 5.54. The number of nitrogens with one attached hydrogen (secondary N) is 1. The molecule has 0 unspecified atom stereocenters. The van der Waals surface area contributed by atoms with E-state index in [4.69, 9.17) is 0 Å². The van der Waals surface area contributed by atoms with Gasteiger partial charge in [0.2, 0.25) is 0 Å². The van der Waals surface area contributed by atoms with Crippen LogP contribution in [0.3, 0.4) is 0 Å². The summed E-state index contributed by atoms with van der Waals surface area (Å²) in [6.45, 7) is 5.78. The van der Waals surface area contributed by atoms with Gasteiger partial charge in [-0.3, -0.25) is 14.5 Å². The lowest BCUT2D eigenvalue weighted by molar-refractivity contribution is -0.137. The van der Waals surface area contributed by atoms with Crippen molar-refractivity contribution in [2.45, 2.75) is 27.3 Å². The molecular weight excluding hydrogens is 391 g/mol. The number of halogens is 1. The van der Waals surface area contributed by atoms with Crippen molar-refractivity contribution in [3.63, 3.8) is 0 Å². The summed E-state index contributed by atoms with van der Waals surface area (Å²) in [5.41, 5.74) is 5.31. The zero-order valence-corrected chi connectivity index (χ0v) is 17.7. The molecule has 0 fully saturated rings. The predicted octanol–water partition coefficient (Wildman–Crippen LogP) is 5.14. The van der Waals surface area contributed by atoms with Crippen LogP contribution in [0.1, 0.15) is 27.8 Å². The Kier molecular flexibility index (Phi) is 5.42. The van der Waals surface area contributed by atoms with Crippen LogP contribution in [0.5, 0.6) is 0 Å². The quantitative estimate of drug-likeness (QED) is 0.588. The highest BCUT2D eigenvalue weighted by Gasteiger charge is 2.39. The molecule has 0 aromatic heterocycles. The van der Waals surface area contributed by atoms with E-state index in [0.717, 1.165) is 21.6 Å². The van der Waals surface area contributed by atoms with E-state index in [1.165, 1.54) is 6.07 Å². The molecule has 0 bridgehead atoms. The minimum Gasteiger partial charge on any atom is -0.350 e. The summed E-state index contributed by atoms with van der Waals surface area (Å²) in [6.07, 6.45) is 0. The molecule has 31 heavy (non-hydrogen) atoms. The average Bonchev–Trinajstić information content (AvgIpc) is 2.96. The molecule has 0 aliphatic carbocycles. The molecule has 1 aliphatic heterocycles. The topological polar surface area (TPSA) is 49.4 Å². The van der Waals surface area contributed by atoms with E-state index in [2.05, 4.69) is 5.32 Å². The zero-order valence-electron chi connectivity index (χ0n) is 17.7. The van der Waals surface area contributed by atoms with Crippen molar-refractivity contribution in [2.75, 3.05) is 5.32 Å². The molecule has 0 radical (unpaired) electrons. The largest absolute Gasteiger partial charge is 0.350 e. The van der Waals surface area contributed by atoms with Crippen LogP contribution in [0, 0.1) is 26.6 Å². The van der Waals surface area contributed by atoms with Crippen molar-refractivity contribution in [3.05, 3.63) is 106 Å². The summed E-state index contributed by atoms with van der Waals surface area (Å²) < 4.78 is 14.2. The molecule has 1 N–H and O–H groups in total. The first-order valence-corrected chi connectivity index (χ1v) is 10.1. The first-order chi connectivity index (χ1) is 14.8. The number of amides is 2. The SMILES string of the molecule is Cc1cccc(NC2=C(c3ccc(C)c(C)c3)C(=O)N(Cc3ccccc3F)C2=O)c1. The van der Waals surface area contributed by atoms with Gasteiger partial charge in [-0.1, -0.05) is 48.5 Å². The number of nitrogens with zero attached hydrogens (tertiary/aromatic N) is 1. The van der Waals surface area contributed by atoms with Gasteiger partial charge in [0.05, 0.1) is 12.1 Å². The number of rotatable bonds is 5. The Morgan fingerprint density at radius 1 is 0.839 bits per heavy atom. The molecule has 1 heterocycles. The second kappa shape index (κ2) is 8.19. The van der Waals surface area contributed by atoms with Gasteiger partial charge < -0.3 is 5.32 Å². The van der Waals surface area contributed by atoms with Gasteiger partial charge in [-0.25, -0.2) is 4.39 Å². The van der Waals surface area contributed by atoms with Crippen molar-refractivity contribution in [2.24, 2.45) is 0 Å². The standard InChI is InChI=1S/C26H23FN2O2/c1-16-7-6-9-21(13-16)28-24-23(19-12-11-17(2)18(3)14-19)25(30)29(26(24)31)15-20-8-4-5-10-22(20)27/h4-14,28H,15H2,1-3H3. The number of hydrogen-bond acceptors (Lipinski definition) is 3. The first kappa shape index (κ1) is 20.5. The minimum absolute atomic E-state index is 0.127. The lowest BCUT2D eigenvalue weighted by atomic mass is 9.99. The van der Waals surface area contributed by atoms with Crippen LogP contribution in [0.4, 0.5) is 10.1 Å². The van der Waals surface area contributed by atoms with Gasteiger partial charge in [0, 0.05) is 11.3 Å². The summed E-state index contributed by atoms with van der Waals surface area (Å²) in [4.78, 5) is 27.8. The third kappa shape index (κ3) is 3.99. The van der Waals surface area contributed by atoms with E-state index in [0.29, 0.717) is 22.4 Å². The Labute approximate surface area is 181 Å². The average molecular weight is 414 g/mol. The van der Waals surface area contributed by atoms with E-state index < -0.39 is 17.6 Å². The van der Waals surface area contributed by atoms with Crippen molar-refractivity contribution in [1.29, 1.82) is 0 Å². The Hall–Kier alpha value is -3.73. The van der Waals surface area contributed by atoms with Gasteiger partial charge in [0.1, 0.15) is 11.5 Å². The van der Waals surface area contributed by atoms with Gasteiger partial charge in [0.15, 0.2) is 0 Å². The summed E-state index contributed by atoms with van der Waals surface area (Å²) in [6, 6.07) is 19.4. The number of benzene rings is 3. The van der Waals surface area contributed by atoms with Gasteiger partial charge in [0.25, 0.3) is 11.8 Å². The van der Waals surface area contributed by atoms with E-state index in [-0.39, 0.29) is 12.2 Å². The molecule has 3 aromatic carbocycles. The number of aryl methyl sites for hydroxylation is 3. The van der Waals surface area contributed by atoms with Gasteiger partial charge in [-0.2, -0.15) is 0 Å². The monoisotopic (exact) mass is 414 g/mol. The Morgan fingerprint density at radius 2 is 1.61 bits per heavy atom. The van der Waals surface area contributed by atoms with E-state index in [1.54, 1.807) is 18.2 Å². The molecule has 0 spiro atoms. The molecule has 0 saturated carbocycles. The lowest BCUT2D eigenvalue weighted by Gasteiger charge is -2.16. The Bertz CT molecular complexity index is 1230. The number of carbonyl (C=O) groups excluding carboxylic acids is 2. The van der Waals surface area contributed by atoms with Gasteiger partial charge in [-0.05, 0) is 61.2 Å². The fourth-order valence-corrected chi connectivity index (χ4v) is 3.66. The highest BCUT2D eigenvalue weighted by atomic mass is 19.1. The minimum atomic E-state index is -0.469. The molecule has 156 valence electrons. The maximum atomic E-state index is 14.2. The molecule has 3 aromatic rings. The highest BCUT2D eigenvalue weighted by molar-refractivity contribution is 6.36. The van der Waals surface area contributed by atoms with Gasteiger partial charge >= 0.3 is 0 Å². The summed E-state index contributed by atoms with van der Waals surface area (Å²) in [5, 5.41) is 3.15. The molecular formula is C26H23FN2O2. The van der Waals surface area contributed by atoms with E-state index >= 15 is 0 Å². The smallest absolute Gasteiger partial charge is 0.278 e. The number of anilines is 1. The van der Waals surface area contributed by atoms with Crippen LogP contribution >= 0.6 is 0 Å². The van der Waals surface area contributed by atoms with Crippen molar-refractivity contribution < 1.29 is 14.0 Å². The van der Waals surface area contributed by atoms with Crippen molar-refractivity contribution in [1.82, 2.24) is 4.90 Å². The van der Waals surface area contributed by atoms with Crippen LogP contribution in [0.15, 0.2) is 72.4 Å². The van der Waals surface area contributed by atoms with Crippen LogP contribution in [0.25, 0.3) is 5.57 Å². The number of imide groups is 1.